The van der Waals surface area contributed by atoms with Gasteiger partial charge in [-0.3, -0.25) is 4.79 Å². The molecular formula is C15H30NO2. The van der Waals surface area contributed by atoms with Gasteiger partial charge in [0.1, 0.15) is 0 Å². The first-order chi connectivity index (χ1) is 8.81. The standard InChI is InChI=1S/C15H30NO2/c1-3-5-8-12-16-13-9-7-11-15(17)18-14-10-6-4-2/h16H,2-14H2,1H3. The highest BCUT2D eigenvalue weighted by Gasteiger charge is 2.01. The fourth-order valence-electron chi connectivity index (χ4n) is 1.68. The second kappa shape index (κ2) is 14.5. The van der Waals surface area contributed by atoms with E-state index in [0.29, 0.717) is 13.0 Å². The third-order valence-corrected chi connectivity index (χ3v) is 2.85. The van der Waals surface area contributed by atoms with Gasteiger partial charge in [-0.2, -0.15) is 0 Å². The lowest BCUT2D eigenvalue weighted by Gasteiger charge is -2.05. The Morgan fingerprint density at radius 3 is 2.44 bits per heavy atom. The largest absolute Gasteiger partial charge is 0.466 e. The minimum atomic E-state index is -0.0509. The maximum absolute atomic E-state index is 11.3. The van der Waals surface area contributed by atoms with Gasteiger partial charge in [-0.05, 0) is 38.8 Å². The summed E-state index contributed by atoms with van der Waals surface area (Å²) < 4.78 is 5.12. The molecule has 0 aliphatic rings. The highest BCUT2D eigenvalue weighted by molar-refractivity contribution is 5.69. The maximum atomic E-state index is 11.3. The average molecular weight is 256 g/mol. The zero-order valence-electron chi connectivity index (χ0n) is 12.0. The number of rotatable bonds is 13. The molecule has 0 saturated carbocycles. The Bertz CT molecular complexity index is 183. The van der Waals surface area contributed by atoms with Crippen LogP contribution in [0.25, 0.3) is 0 Å². The van der Waals surface area contributed by atoms with Crippen molar-refractivity contribution in [3.63, 3.8) is 0 Å². The molecule has 1 radical (unpaired) electrons. The fourth-order valence-corrected chi connectivity index (χ4v) is 1.68. The SMILES string of the molecule is [CH2]CCCCOC(=O)CCCCNCCCCC. The van der Waals surface area contributed by atoms with Crippen LogP contribution in [0.1, 0.15) is 64.7 Å². The molecule has 0 amide bonds. The van der Waals surface area contributed by atoms with Crippen LogP contribution in [0, 0.1) is 6.92 Å². The molecule has 0 spiro atoms. The number of carbonyl (C=O) groups excluding carboxylic acids is 1. The molecular weight excluding hydrogens is 226 g/mol. The van der Waals surface area contributed by atoms with Crippen LogP contribution >= 0.6 is 0 Å². The number of hydrogen-bond donors (Lipinski definition) is 1. The second-order valence-electron chi connectivity index (χ2n) is 4.70. The van der Waals surface area contributed by atoms with Gasteiger partial charge < -0.3 is 10.1 Å². The summed E-state index contributed by atoms with van der Waals surface area (Å²) in [6, 6.07) is 0. The molecule has 0 aromatic heterocycles. The second-order valence-corrected chi connectivity index (χ2v) is 4.70. The Morgan fingerprint density at radius 1 is 1.06 bits per heavy atom. The van der Waals surface area contributed by atoms with Crippen molar-refractivity contribution < 1.29 is 9.53 Å². The summed E-state index contributed by atoms with van der Waals surface area (Å²) in [5.41, 5.74) is 0. The quantitative estimate of drug-likeness (QED) is 0.405. The third kappa shape index (κ3) is 13.5. The van der Waals surface area contributed by atoms with Gasteiger partial charge in [0.2, 0.25) is 0 Å². The van der Waals surface area contributed by atoms with Crippen LogP contribution in [0.2, 0.25) is 0 Å². The van der Waals surface area contributed by atoms with Crippen molar-refractivity contribution in [2.45, 2.75) is 64.7 Å². The van der Waals surface area contributed by atoms with Gasteiger partial charge in [0.05, 0.1) is 6.61 Å². The Labute approximate surface area is 113 Å². The van der Waals surface area contributed by atoms with E-state index in [1.54, 1.807) is 0 Å². The van der Waals surface area contributed by atoms with Crippen molar-refractivity contribution in [2.75, 3.05) is 19.7 Å². The van der Waals surface area contributed by atoms with E-state index < -0.39 is 0 Å². The smallest absolute Gasteiger partial charge is 0.305 e. The van der Waals surface area contributed by atoms with E-state index in [9.17, 15) is 4.79 Å². The maximum Gasteiger partial charge on any atom is 0.305 e. The van der Waals surface area contributed by atoms with E-state index in [2.05, 4.69) is 19.2 Å². The summed E-state index contributed by atoms with van der Waals surface area (Å²) in [7, 11) is 0. The first kappa shape index (κ1) is 17.4. The van der Waals surface area contributed by atoms with E-state index in [1.807, 2.05) is 0 Å². The van der Waals surface area contributed by atoms with Crippen molar-refractivity contribution >= 4 is 5.97 Å². The predicted octanol–water partition coefficient (Wildman–Crippen LogP) is 3.48. The van der Waals surface area contributed by atoms with Gasteiger partial charge in [0.25, 0.3) is 0 Å². The molecule has 0 aliphatic heterocycles. The highest BCUT2D eigenvalue weighted by Crippen LogP contribution is 2.00. The zero-order valence-corrected chi connectivity index (χ0v) is 12.0. The number of unbranched alkanes of at least 4 members (excludes halogenated alkanes) is 5. The van der Waals surface area contributed by atoms with Crippen molar-refractivity contribution in [3.05, 3.63) is 6.92 Å². The summed E-state index contributed by atoms with van der Waals surface area (Å²) in [4.78, 5) is 11.3. The minimum absolute atomic E-state index is 0.0509. The van der Waals surface area contributed by atoms with Crippen molar-refractivity contribution in [2.24, 2.45) is 0 Å². The molecule has 0 heterocycles. The van der Waals surface area contributed by atoms with E-state index in [1.165, 1.54) is 19.3 Å². The number of esters is 1. The minimum Gasteiger partial charge on any atom is -0.466 e. The monoisotopic (exact) mass is 256 g/mol. The molecule has 0 rings (SSSR count). The van der Waals surface area contributed by atoms with Gasteiger partial charge >= 0.3 is 5.97 Å². The van der Waals surface area contributed by atoms with Crippen LogP contribution in [0.4, 0.5) is 0 Å². The lowest BCUT2D eigenvalue weighted by atomic mass is 10.2. The first-order valence-electron chi connectivity index (χ1n) is 7.46. The van der Waals surface area contributed by atoms with Crippen LogP contribution < -0.4 is 5.32 Å². The van der Waals surface area contributed by atoms with E-state index >= 15 is 0 Å². The van der Waals surface area contributed by atoms with Gasteiger partial charge in [-0.25, -0.2) is 0 Å². The molecule has 18 heavy (non-hydrogen) atoms. The van der Waals surface area contributed by atoms with Crippen LogP contribution in [-0.2, 0) is 9.53 Å². The number of carbonyl (C=O) groups is 1. The molecule has 1 N–H and O–H groups in total. The van der Waals surface area contributed by atoms with Crippen LogP contribution in [0.3, 0.4) is 0 Å². The molecule has 3 heteroatoms. The van der Waals surface area contributed by atoms with Crippen LogP contribution in [0.5, 0.6) is 0 Å². The summed E-state index contributed by atoms with van der Waals surface area (Å²) >= 11 is 0. The normalized spacial score (nSPS) is 10.6. The van der Waals surface area contributed by atoms with Gasteiger partial charge in [0.15, 0.2) is 0 Å². The summed E-state index contributed by atoms with van der Waals surface area (Å²) in [6.07, 6.45) is 9.25. The summed E-state index contributed by atoms with van der Waals surface area (Å²) in [6.45, 7) is 8.63. The summed E-state index contributed by atoms with van der Waals surface area (Å²) in [5, 5.41) is 3.39. The molecule has 0 aromatic carbocycles. The van der Waals surface area contributed by atoms with Gasteiger partial charge in [-0.1, -0.05) is 39.5 Å². The molecule has 3 nitrogen and oxygen atoms in total. The van der Waals surface area contributed by atoms with Crippen LogP contribution in [-0.4, -0.2) is 25.7 Å². The lowest BCUT2D eigenvalue weighted by molar-refractivity contribution is -0.143. The summed E-state index contributed by atoms with van der Waals surface area (Å²) in [5.74, 6) is -0.0509. The van der Waals surface area contributed by atoms with Crippen LogP contribution in [0.15, 0.2) is 0 Å². The molecule has 0 unspecified atom stereocenters. The third-order valence-electron chi connectivity index (χ3n) is 2.85. The fraction of sp³-hybridized carbons (Fsp3) is 0.867. The van der Waals surface area contributed by atoms with Gasteiger partial charge in [-0.15, -0.1) is 0 Å². The highest BCUT2D eigenvalue weighted by atomic mass is 16.5. The number of hydrogen-bond acceptors (Lipinski definition) is 3. The Hall–Kier alpha value is -0.570. The zero-order chi connectivity index (χ0) is 13.5. The molecule has 0 saturated heterocycles. The van der Waals surface area contributed by atoms with E-state index in [4.69, 9.17) is 4.74 Å². The molecule has 0 aliphatic carbocycles. The molecule has 0 bridgehead atoms. The Balaban J connectivity index is 3.10. The lowest BCUT2D eigenvalue weighted by Crippen LogP contribution is -2.17. The Morgan fingerprint density at radius 2 is 1.78 bits per heavy atom. The van der Waals surface area contributed by atoms with Crippen molar-refractivity contribution in [3.8, 4) is 0 Å². The first-order valence-corrected chi connectivity index (χ1v) is 7.46. The van der Waals surface area contributed by atoms with Crippen molar-refractivity contribution in [1.29, 1.82) is 0 Å². The molecule has 107 valence electrons. The number of ether oxygens (including phenoxy) is 1. The van der Waals surface area contributed by atoms with E-state index in [0.717, 1.165) is 45.2 Å². The number of nitrogens with one attached hydrogen (secondary N) is 1. The topological polar surface area (TPSA) is 38.3 Å². The van der Waals surface area contributed by atoms with Gasteiger partial charge in [0, 0.05) is 6.42 Å². The molecule has 0 aromatic rings. The van der Waals surface area contributed by atoms with Crippen molar-refractivity contribution in [1.82, 2.24) is 5.32 Å². The average Bonchev–Trinajstić information content (AvgIpc) is 2.38. The molecule has 0 atom stereocenters. The predicted molar refractivity (Wildman–Crippen MR) is 76.4 cm³/mol. The van der Waals surface area contributed by atoms with E-state index in [-0.39, 0.29) is 5.97 Å². The molecule has 0 fully saturated rings. The Kier molecular flexibility index (Phi) is 14.0.